The molecule has 0 aliphatic carbocycles. The van der Waals surface area contributed by atoms with Crippen molar-refractivity contribution in [2.75, 3.05) is 17.6 Å². The van der Waals surface area contributed by atoms with E-state index in [9.17, 15) is 8.42 Å². The molecule has 1 aromatic carbocycles. The Balaban J connectivity index is 2.27. The van der Waals surface area contributed by atoms with Crippen molar-refractivity contribution in [3.63, 3.8) is 0 Å². The van der Waals surface area contributed by atoms with Crippen molar-refractivity contribution >= 4 is 15.5 Å². The molecule has 0 unspecified atom stereocenters. The molecule has 0 radical (unpaired) electrons. The third-order valence-electron chi connectivity index (χ3n) is 2.90. The summed E-state index contributed by atoms with van der Waals surface area (Å²) in [4.78, 5) is 0. The Morgan fingerprint density at radius 2 is 2.13 bits per heavy atom. The second-order valence-corrected chi connectivity index (χ2v) is 6.39. The van der Waals surface area contributed by atoms with E-state index in [1.807, 2.05) is 24.3 Å². The van der Waals surface area contributed by atoms with Crippen LogP contribution in [0.3, 0.4) is 0 Å². The van der Waals surface area contributed by atoms with Gasteiger partial charge in [0.1, 0.15) is 0 Å². The summed E-state index contributed by atoms with van der Waals surface area (Å²) in [6.07, 6.45) is 0.638. The average Bonchev–Trinajstić information content (AvgIpc) is 2.28. The molecule has 1 aromatic rings. The zero-order chi connectivity index (χ0) is 10.9. The highest BCUT2D eigenvalue weighted by Crippen LogP contribution is 2.24. The van der Waals surface area contributed by atoms with Crippen LogP contribution < -0.4 is 5.32 Å². The summed E-state index contributed by atoms with van der Waals surface area (Å²) in [5, 5.41) is 2.91. The molecule has 0 fully saturated rings. The van der Waals surface area contributed by atoms with Crippen LogP contribution in [0.15, 0.2) is 24.3 Å². The van der Waals surface area contributed by atoms with Crippen LogP contribution >= 0.6 is 0 Å². The number of benzene rings is 1. The number of anilines is 1. The Morgan fingerprint density at radius 3 is 2.87 bits per heavy atom. The van der Waals surface area contributed by atoms with Crippen molar-refractivity contribution in [1.82, 2.24) is 0 Å². The van der Waals surface area contributed by atoms with Crippen LogP contribution in [0, 0.1) is 0 Å². The molecule has 0 bridgehead atoms. The first kappa shape index (κ1) is 10.5. The van der Waals surface area contributed by atoms with Gasteiger partial charge in [0, 0.05) is 18.0 Å². The van der Waals surface area contributed by atoms with Gasteiger partial charge in [-0.2, -0.15) is 0 Å². The van der Waals surface area contributed by atoms with Gasteiger partial charge in [0.2, 0.25) is 0 Å². The van der Waals surface area contributed by atoms with E-state index >= 15 is 0 Å². The van der Waals surface area contributed by atoms with Crippen LogP contribution in [0.4, 0.5) is 5.69 Å². The van der Waals surface area contributed by atoms with Gasteiger partial charge < -0.3 is 5.32 Å². The smallest absolute Gasteiger partial charge is 0.154 e. The molecule has 1 atom stereocenters. The van der Waals surface area contributed by atoms with Crippen molar-refractivity contribution in [2.24, 2.45) is 0 Å². The lowest BCUT2D eigenvalue weighted by atomic mass is 10.0. The van der Waals surface area contributed by atoms with E-state index in [2.05, 4.69) is 5.32 Å². The maximum atomic E-state index is 11.7. The number of hydrogen-bond acceptors (Lipinski definition) is 3. The SMILES string of the molecule is CCS(=O)(=O)[C@@H]1CNc2ccccc2C1. The van der Waals surface area contributed by atoms with Crippen molar-refractivity contribution in [3.8, 4) is 0 Å². The first-order chi connectivity index (χ1) is 7.13. The average molecular weight is 225 g/mol. The minimum absolute atomic E-state index is 0.224. The molecule has 0 amide bonds. The second kappa shape index (κ2) is 3.85. The lowest BCUT2D eigenvalue weighted by Gasteiger charge is -2.25. The zero-order valence-corrected chi connectivity index (χ0v) is 9.55. The summed E-state index contributed by atoms with van der Waals surface area (Å²) in [6.45, 7) is 2.24. The van der Waals surface area contributed by atoms with Crippen LogP contribution in [-0.4, -0.2) is 26.0 Å². The van der Waals surface area contributed by atoms with Gasteiger partial charge in [-0.3, -0.25) is 0 Å². The Kier molecular flexibility index (Phi) is 2.69. The number of nitrogens with one attached hydrogen (secondary N) is 1. The molecule has 0 saturated carbocycles. The third kappa shape index (κ3) is 2.00. The molecule has 0 spiro atoms. The topological polar surface area (TPSA) is 46.2 Å². The van der Waals surface area contributed by atoms with Crippen LogP contribution in [0.5, 0.6) is 0 Å². The Hall–Kier alpha value is -1.03. The minimum atomic E-state index is -2.93. The molecule has 0 saturated heterocycles. The molecule has 2 rings (SSSR count). The highest BCUT2D eigenvalue weighted by Gasteiger charge is 2.27. The summed E-state index contributed by atoms with van der Waals surface area (Å²) in [5.74, 6) is 0.224. The van der Waals surface area contributed by atoms with Crippen LogP contribution in [0.25, 0.3) is 0 Å². The van der Waals surface area contributed by atoms with Gasteiger partial charge in [-0.05, 0) is 18.1 Å². The molecule has 1 aliphatic rings. The molecule has 1 heterocycles. The number of fused-ring (bicyclic) bond motifs is 1. The summed E-state index contributed by atoms with van der Waals surface area (Å²) >= 11 is 0. The van der Waals surface area contributed by atoms with Gasteiger partial charge in [0.05, 0.1) is 5.25 Å². The zero-order valence-electron chi connectivity index (χ0n) is 8.73. The highest BCUT2D eigenvalue weighted by atomic mass is 32.2. The first-order valence-electron chi connectivity index (χ1n) is 5.17. The Labute approximate surface area is 90.4 Å². The van der Waals surface area contributed by atoms with Gasteiger partial charge >= 0.3 is 0 Å². The molecular formula is C11H15NO2S. The summed E-state index contributed by atoms with van der Waals surface area (Å²) in [6, 6.07) is 7.88. The Bertz CT molecular complexity index is 453. The van der Waals surface area contributed by atoms with Crippen LogP contribution in [-0.2, 0) is 16.3 Å². The number of sulfone groups is 1. The number of hydrogen-bond donors (Lipinski definition) is 1. The Morgan fingerprint density at radius 1 is 1.40 bits per heavy atom. The van der Waals surface area contributed by atoms with Crippen molar-refractivity contribution in [2.45, 2.75) is 18.6 Å². The second-order valence-electron chi connectivity index (χ2n) is 3.82. The van der Waals surface area contributed by atoms with Crippen LogP contribution in [0.1, 0.15) is 12.5 Å². The van der Waals surface area contributed by atoms with E-state index in [-0.39, 0.29) is 11.0 Å². The van der Waals surface area contributed by atoms with E-state index in [0.717, 1.165) is 11.3 Å². The fourth-order valence-electron chi connectivity index (χ4n) is 1.90. The predicted molar refractivity (Wildman–Crippen MR) is 61.9 cm³/mol. The lowest BCUT2D eigenvalue weighted by molar-refractivity contribution is 0.579. The highest BCUT2D eigenvalue weighted by molar-refractivity contribution is 7.92. The maximum Gasteiger partial charge on any atom is 0.154 e. The number of rotatable bonds is 2. The predicted octanol–water partition coefficient (Wildman–Crippen LogP) is 1.46. The maximum absolute atomic E-state index is 11.7. The molecular weight excluding hydrogens is 210 g/mol. The lowest BCUT2D eigenvalue weighted by Crippen LogP contribution is -2.35. The summed E-state index contributed by atoms with van der Waals surface area (Å²) in [7, 11) is -2.93. The van der Waals surface area contributed by atoms with Gasteiger partial charge in [-0.25, -0.2) is 8.42 Å². The van der Waals surface area contributed by atoms with E-state index in [1.165, 1.54) is 0 Å². The summed E-state index contributed by atoms with van der Waals surface area (Å²) < 4.78 is 23.4. The van der Waals surface area contributed by atoms with Gasteiger partial charge in [0.15, 0.2) is 9.84 Å². The monoisotopic (exact) mass is 225 g/mol. The molecule has 15 heavy (non-hydrogen) atoms. The van der Waals surface area contributed by atoms with E-state index in [4.69, 9.17) is 0 Å². The van der Waals surface area contributed by atoms with E-state index in [1.54, 1.807) is 6.92 Å². The molecule has 3 nitrogen and oxygen atoms in total. The molecule has 1 N–H and O–H groups in total. The van der Waals surface area contributed by atoms with Crippen molar-refractivity contribution < 1.29 is 8.42 Å². The van der Waals surface area contributed by atoms with Gasteiger partial charge in [-0.1, -0.05) is 25.1 Å². The first-order valence-corrected chi connectivity index (χ1v) is 6.88. The fourth-order valence-corrected chi connectivity index (χ4v) is 3.14. The van der Waals surface area contributed by atoms with E-state index in [0.29, 0.717) is 13.0 Å². The fraction of sp³-hybridized carbons (Fsp3) is 0.455. The molecule has 1 aliphatic heterocycles. The van der Waals surface area contributed by atoms with Gasteiger partial charge in [-0.15, -0.1) is 0 Å². The number of para-hydroxylation sites is 1. The standard InChI is InChI=1S/C11H15NO2S/c1-2-15(13,14)10-7-9-5-3-4-6-11(9)12-8-10/h3-6,10,12H,2,7-8H2,1H3/t10-/m0/s1. The van der Waals surface area contributed by atoms with Crippen molar-refractivity contribution in [1.29, 1.82) is 0 Å². The molecule has 82 valence electrons. The normalized spacial score (nSPS) is 20.5. The van der Waals surface area contributed by atoms with Gasteiger partial charge in [0.25, 0.3) is 0 Å². The van der Waals surface area contributed by atoms with E-state index < -0.39 is 9.84 Å². The molecule has 0 aromatic heterocycles. The quantitative estimate of drug-likeness (QED) is 0.828. The molecule has 4 heteroatoms. The minimum Gasteiger partial charge on any atom is -0.384 e. The van der Waals surface area contributed by atoms with Crippen molar-refractivity contribution in [3.05, 3.63) is 29.8 Å². The largest absolute Gasteiger partial charge is 0.384 e. The summed E-state index contributed by atoms with van der Waals surface area (Å²) in [5.41, 5.74) is 2.17. The third-order valence-corrected chi connectivity index (χ3v) is 5.05. The van der Waals surface area contributed by atoms with Crippen LogP contribution in [0.2, 0.25) is 0 Å².